The Balaban J connectivity index is 1.29. The zero-order chi connectivity index (χ0) is 22.9. The predicted molar refractivity (Wildman–Crippen MR) is 133 cm³/mol. The monoisotopic (exact) mass is 454 g/mol. The number of alkyl carbamates (subject to hydrolysis) is 1. The third kappa shape index (κ3) is 3.98. The molecule has 1 aliphatic carbocycles. The van der Waals surface area contributed by atoms with Crippen molar-refractivity contribution in [3.8, 4) is 11.1 Å². The van der Waals surface area contributed by atoms with Gasteiger partial charge in [0.25, 0.3) is 0 Å². The normalized spacial score (nSPS) is 13.3. The number of nitrogens with zero attached hydrogens (tertiary/aromatic N) is 1. The second-order valence-corrected chi connectivity index (χ2v) is 8.69. The van der Waals surface area contributed by atoms with Crippen molar-refractivity contribution in [1.82, 2.24) is 10.3 Å². The van der Waals surface area contributed by atoms with Gasteiger partial charge in [-0.15, -0.1) is 0 Å². The molecule has 1 N–H and O–H groups in total. The van der Waals surface area contributed by atoms with Gasteiger partial charge in [-0.1, -0.05) is 84.9 Å². The zero-order valence-corrected chi connectivity index (χ0v) is 19.0. The Labute approximate surface area is 197 Å². The van der Waals surface area contributed by atoms with Crippen molar-refractivity contribution in [1.29, 1.82) is 0 Å². The molecule has 1 aromatic heterocycles. The number of hydrogen-bond acceptors (Lipinski definition) is 3. The molecule has 0 bridgehead atoms. The third-order valence-electron chi connectivity index (χ3n) is 6.20. The molecule has 164 valence electrons. The summed E-state index contributed by atoms with van der Waals surface area (Å²) in [5.41, 5.74) is 6.38. The lowest BCUT2D eigenvalue weighted by Crippen LogP contribution is -2.29. The summed E-state index contributed by atoms with van der Waals surface area (Å²) in [6.45, 7) is 5.98. The summed E-state index contributed by atoms with van der Waals surface area (Å²) >= 11 is 6.11. The van der Waals surface area contributed by atoms with Crippen molar-refractivity contribution < 1.29 is 9.53 Å². The minimum Gasteiger partial charge on any atom is -0.449 e. The fourth-order valence-corrected chi connectivity index (χ4v) is 4.72. The number of halogens is 1. The molecular formula is C28H23ClN2O2. The van der Waals surface area contributed by atoms with E-state index >= 15 is 0 Å². The molecule has 0 spiro atoms. The van der Waals surface area contributed by atoms with Gasteiger partial charge in [-0.2, -0.15) is 0 Å². The van der Waals surface area contributed by atoms with Crippen LogP contribution in [0.25, 0.3) is 26.9 Å². The van der Waals surface area contributed by atoms with Gasteiger partial charge < -0.3 is 10.1 Å². The number of pyridine rings is 1. The van der Waals surface area contributed by atoms with E-state index in [1.54, 1.807) is 6.20 Å². The van der Waals surface area contributed by atoms with Gasteiger partial charge in [0.15, 0.2) is 0 Å². The van der Waals surface area contributed by atoms with E-state index in [1.807, 2.05) is 55.5 Å². The van der Waals surface area contributed by atoms with E-state index in [2.05, 4.69) is 41.1 Å². The van der Waals surface area contributed by atoms with Crippen LogP contribution in [0.15, 0.2) is 85.6 Å². The summed E-state index contributed by atoms with van der Waals surface area (Å²) in [7, 11) is 0. The number of nitrogens with one attached hydrogen (secondary N) is 1. The number of fused-ring (bicyclic) bond motifs is 4. The highest BCUT2D eigenvalue weighted by molar-refractivity contribution is 6.49. The van der Waals surface area contributed by atoms with Crippen LogP contribution in [0.2, 0.25) is 0 Å². The minimum absolute atomic E-state index is 0.0272. The average molecular weight is 455 g/mol. The van der Waals surface area contributed by atoms with Gasteiger partial charge in [0.2, 0.25) is 0 Å². The summed E-state index contributed by atoms with van der Waals surface area (Å²) < 4.78 is 5.66. The molecule has 4 nitrogen and oxygen atoms in total. The van der Waals surface area contributed by atoms with Crippen LogP contribution in [0.4, 0.5) is 4.79 Å². The number of hydrogen-bond donors (Lipinski definition) is 1. The van der Waals surface area contributed by atoms with E-state index in [-0.39, 0.29) is 18.6 Å². The first kappa shape index (κ1) is 21.2. The smallest absolute Gasteiger partial charge is 0.407 e. The quantitative estimate of drug-likeness (QED) is 0.351. The van der Waals surface area contributed by atoms with Crippen molar-refractivity contribution in [2.75, 3.05) is 6.61 Å². The molecule has 1 amide bonds. The molecule has 33 heavy (non-hydrogen) atoms. The topological polar surface area (TPSA) is 51.2 Å². The summed E-state index contributed by atoms with van der Waals surface area (Å²) in [6.07, 6.45) is 1.30. The summed E-state index contributed by atoms with van der Waals surface area (Å²) in [6, 6.07) is 24.0. The van der Waals surface area contributed by atoms with E-state index in [1.165, 1.54) is 22.3 Å². The second kappa shape index (κ2) is 8.72. The maximum absolute atomic E-state index is 12.6. The molecule has 5 rings (SSSR count). The molecule has 5 heteroatoms. The zero-order valence-electron chi connectivity index (χ0n) is 18.2. The van der Waals surface area contributed by atoms with Gasteiger partial charge in [-0.3, -0.25) is 4.98 Å². The lowest BCUT2D eigenvalue weighted by molar-refractivity contribution is 0.139. The molecule has 1 aliphatic rings. The highest BCUT2D eigenvalue weighted by Crippen LogP contribution is 2.44. The average Bonchev–Trinajstić information content (AvgIpc) is 3.15. The third-order valence-corrected chi connectivity index (χ3v) is 6.40. The number of amides is 1. The first-order chi connectivity index (χ1) is 16.0. The SMILES string of the molecule is C=C(Cl)c1cccc2cc([C@H](C)NC(=O)OCC3c4ccccc4-c4ccccc43)ncc12. The fraction of sp³-hybridized carbons (Fsp3) is 0.143. The minimum atomic E-state index is -0.464. The fourth-order valence-electron chi connectivity index (χ4n) is 4.55. The molecule has 3 aromatic carbocycles. The molecule has 0 saturated carbocycles. The second-order valence-electron chi connectivity index (χ2n) is 8.23. The Morgan fingerprint density at radius 1 is 1.06 bits per heavy atom. The van der Waals surface area contributed by atoms with Gasteiger partial charge in [0, 0.05) is 28.1 Å². The molecule has 0 radical (unpaired) electrons. The van der Waals surface area contributed by atoms with Crippen LogP contribution in [0.5, 0.6) is 0 Å². The van der Waals surface area contributed by atoms with Crippen LogP contribution in [0.3, 0.4) is 0 Å². The predicted octanol–water partition coefficient (Wildman–Crippen LogP) is 7.04. The standard InChI is InChI=1S/C28H23ClN2O2/c1-17(29)20-13-7-8-19-14-27(30-15-25(19)20)18(2)31-28(32)33-16-26-23-11-5-3-9-21(23)22-10-4-6-12-24(22)26/h3-15,18,26H,1,16H2,2H3,(H,31,32)/t18-/m0/s1. The number of ether oxygens (including phenoxy) is 1. The molecule has 0 fully saturated rings. The molecule has 0 saturated heterocycles. The summed E-state index contributed by atoms with van der Waals surface area (Å²) in [4.78, 5) is 17.2. The Bertz CT molecular complexity index is 1340. The maximum atomic E-state index is 12.6. The Morgan fingerprint density at radius 2 is 1.73 bits per heavy atom. The Morgan fingerprint density at radius 3 is 2.39 bits per heavy atom. The van der Waals surface area contributed by atoms with Crippen molar-refractivity contribution in [2.24, 2.45) is 0 Å². The Kier molecular flexibility index (Phi) is 5.61. The molecule has 1 heterocycles. The number of aromatic nitrogens is 1. The highest BCUT2D eigenvalue weighted by atomic mass is 35.5. The first-order valence-electron chi connectivity index (χ1n) is 10.9. The number of carbonyl (C=O) groups is 1. The number of carbonyl (C=O) groups excluding carboxylic acids is 1. The van der Waals surface area contributed by atoms with Crippen molar-refractivity contribution in [3.63, 3.8) is 0 Å². The van der Waals surface area contributed by atoms with Crippen molar-refractivity contribution in [3.05, 3.63) is 108 Å². The summed E-state index contributed by atoms with van der Waals surface area (Å²) in [5, 5.41) is 5.29. The Hall–Kier alpha value is -3.63. The van der Waals surface area contributed by atoms with Crippen LogP contribution in [-0.4, -0.2) is 17.7 Å². The van der Waals surface area contributed by atoms with Gasteiger partial charge in [0.1, 0.15) is 6.61 Å². The van der Waals surface area contributed by atoms with E-state index in [4.69, 9.17) is 16.3 Å². The van der Waals surface area contributed by atoms with E-state index < -0.39 is 6.09 Å². The lowest BCUT2D eigenvalue weighted by atomic mass is 9.98. The molecule has 1 atom stereocenters. The number of benzene rings is 3. The van der Waals surface area contributed by atoms with Crippen LogP contribution in [-0.2, 0) is 4.74 Å². The van der Waals surface area contributed by atoms with Crippen LogP contribution in [0.1, 0.15) is 41.3 Å². The lowest BCUT2D eigenvalue weighted by Gasteiger charge is -2.17. The van der Waals surface area contributed by atoms with Gasteiger partial charge in [-0.05, 0) is 40.6 Å². The first-order valence-corrected chi connectivity index (χ1v) is 11.3. The van der Waals surface area contributed by atoms with Crippen molar-refractivity contribution in [2.45, 2.75) is 18.9 Å². The molecular weight excluding hydrogens is 432 g/mol. The largest absolute Gasteiger partial charge is 0.449 e. The molecule has 0 unspecified atom stereocenters. The van der Waals surface area contributed by atoms with Gasteiger partial charge in [0.05, 0.1) is 11.7 Å². The van der Waals surface area contributed by atoms with Gasteiger partial charge in [-0.25, -0.2) is 4.79 Å². The van der Waals surface area contributed by atoms with Crippen LogP contribution >= 0.6 is 11.6 Å². The number of rotatable bonds is 5. The summed E-state index contributed by atoms with van der Waals surface area (Å²) in [5.74, 6) is 0.0272. The van der Waals surface area contributed by atoms with E-state index in [0.29, 0.717) is 5.03 Å². The van der Waals surface area contributed by atoms with Crippen LogP contribution in [0, 0.1) is 0 Å². The van der Waals surface area contributed by atoms with Crippen LogP contribution < -0.4 is 5.32 Å². The molecule has 4 aromatic rings. The van der Waals surface area contributed by atoms with E-state index in [0.717, 1.165) is 22.0 Å². The van der Waals surface area contributed by atoms with Crippen molar-refractivity contribution >= 4 is 33.5 Å². The maximum Gasteiger partial charge on any atom is 0.407 e. The van der Waals surface area contributed by atoms with Gasteiger partial charge >= 0.3 is 6.09 Å². The highest BCUT2D eigenvalue weighted by Gasteiger charge is 2.29. The van der Waals surface area contributed by atoms with E-state index in [9.17, 15) is 4.79 Å². The molecule has 0 aliphatic heterocycles.